The van der Waals surface area contributed by atoms with Crippen LogP contribution in [0.4, 0.5) is 5.69 Å². The maximum absolute atomic E-state index is 12.6. The van der Waals surface area contributed by atoms with Gasteiger partial charge in [0.1, 0.15) is 10.9 Å². The van der Waals surface area contributed by atoms with Crippen LogP contribution in [0, 0.1) is 6.92 Å². The molecule has 0 atom stereocenters. The second-order valence-corrected chi connectivity index (χ2v) is 7.75. The minimum atomic E-state index is -1.15. The predicted molar refractivity (Wildman–Crippen MR) is 113 cm³/mol. The number of aromatic carboxylic acids is 1. The third kappa shape index (κ3) is 4.47. The van der Waals surface area contributed by atoms with Crippen LogP contribution in [0.3, 0.4) is 0 Å². The first-order chi connectivity index (χ1) is 13.3. The van der Waals surface area contributed by atoms with E-state index >= 15 is 0 Å². The van der Waals surface area contributed by atoms with Crippen LogP contribution in [-0.4, -0.2) is 38.7 Å². The van der Waals surface area contributed by atoms with Gasteiger partial charge in [0.2, 0.25) is 5.91 Å². The summed E-state index contributed by atoms with van der Waals surface area (Å²) >= 11 is 6.37. The third-order valence-corrected chi connectivity index (χ3v) is 5.36. The number of hydrogen-bond donors (Lipinski definition) is 2. The largest absolute Gasteiger partial charge is 0.478 e. The molecule has 28 heavy (non-hydrogen) atoms. The van der Waals surface area contributed by atoms with Gasteiger partial charge in [-0.25, -0.2) is 4.79 Å². The Hall–Kier alpha value is -2.97. The fourth-order valence-electron chi connectivity index (χ4n) is 2.56. The molecule has 2 aromatic carbocycles. The lowest BCUT2D eigenvalue weighted by Crippen LogP contribution is -2.36. The number of thiocarbonyl (C=S) groups is 1. The molecule has 0 aromatic heterocycles. The number of carboxylic acids is 1. The summed E-state index contributed by atoms with van der Waals surface area (Å²) in [6.45, 7) is 1.69. The summed E-state index contributed by atoms with van der Waals surface area (Å²) in [6.07, 6.45) is 1.73. The van der Waals surface area contributed by atoms with Crippen molar-refractivity contribution in [3.63, 3.8) is 0 Å². The molecule has 2 amide bonds. The first kappa shape index (κ1) is 19.8. The summed E-state index contributed by atoms with van der Waals surface area (Å²) < 4.78 is 0.282. The lowest BCUT2D eigenvalue weighted by atomic mass is 10.1. The molecule has 8 heteroatoms. The summed E-state index contributed by atoms with van der Waals surface area (Å²) in [7, 11) is 0. The van der Waals surface area contributed by atoms with Crippen molar-refractivity contribution >= 4 is 57.8 Å². The van der Waals surface area contributed by atoms with Crippen LogP contribution in [0.1, 0.15) is 21.5 Å². The zero-order valence-electron chi connectivity index (χ0n) is 14.8. The van der Waals surface area contributed by atoms with E-state index in [1.807, 2.05) is 31.2 Å². The van der Waals surface area contributed by atoms with Gasteiger partial charge in [-0.2, -0.15) is 0 Å². The smallest absolute Gasteiger partial charge is 0.337 e. The molecule has 0 aliphatic carbocycles. The van der Waals surface area contributed by atoms with Gasteiger partial charge in [0.25, 0.3) is 5.91 Å². The monoisotopic (exact) mass is 412 g/mol. The Kier molecular flexibility index (Phi) is 5.91. The highest BCUT2D eigenvalue weighted by Crippen LogP contribution is 2.32. The molecule has 1 heterocycles. The van der Waals surface area contributed by atoms with Crippen LogP contribution in [0.5, 0.6) is 0 Å². The highest BCUT2D eigenvalue weighted by atomic mass is 32.2. The van der Waals surface area contributed by atoms with Crippen LogP contribution >= 0.6 is 24.0 Å². The van der Waals surface area contributed by atoms with Crippen LogP contribution in [0.2, 0.25) is 0 Å². The first-order valence-corrected chi connectivity index (χ1v) is 9.52. The fourth-order valence-corrected chi connectivity index (χ4v) is 3.82. The Labute approximate surface area is 171 Å². The molecular formula is C20H16N2O4S2. The normalized spacial score (nSPS) is 15.2. The number of anilines is 1. The van der Waals surface area contributed by atoms with Crippen molar-refractivity contribution in [1.29, 1.82) is 0 Å². The van der Waals surface area contributed by atoms with Crippen molar-refractivity contribution in [2.45, 2.75) is 6.92 Å². The lowest BCUT2D eigenvalue weighted by Gasteiger charge is -2.15. The molecule has 1 saturated heterocycles. The van der Waals surface area contributed by atoms with Crippen molar-refractivity contribution in [2.24, 2.45) is 0 Å². The molecule has 3 rings (SSSR count). The van der Waals surface area contributed by atoms with E-state index in [-0.39, 0.29) is 28.0 Å². The Morgan fingerprint density at radius 1 is 1.18 bits per heavy atom. The van der Waals surface area contributed by atoms with E-state index in [4.69, 9.17) is 12.2 Å². The highest BCUT2D eigenvalue weighted by molar-refractivity contribution is 8.26. The number of nitrogens with one attached hydrogen (secondary N) is 1. The van der Waals surface area contributed by atoms with Gasteiger partial charge in [-0.05, 0) is 30.7 Å². The van der Waals surface area contributed by atoms with Crippen molar-refractivity contribution in [2.75, 3.05) is 11.9 Å². The van der Waals surface area contributed by atoms with Crippen LogP contribution < -0.4 is 5.32 Å². The quantitative estimate of drug-likeness (QED) is 0.577. The first-order valence-electron chi connectivity index (χ1n) is 8.29. The number of rotatable bonds is 5. The summed E-state index contributed by atoms with van der Waals surface area (Å²) in [5, 5.41) is 11.7. The Morgan fingerprint density at radius 2 is 1.86 bits per heavy atom. The number of carboxylic acid groups (broad SMARTS) is 1. The number of nitrogens with zero attached hydrogens (tertiary/aromatic N) is 1. The molecule has 0 bridgehead atoms. The summed E-state index contributed by atoms with van der Waals surface area (Å²) in [5.74, 6) is -2.03. The number of carbonyl (C=O) groups is 3. The van der Waals surface area contributed by atoms with E-state index in [0.717, 1.165) is 22.9 Å². The molecule has 0 radical (unpaired) electrons. The molecule has 142 valence electrons. The number of thioether (sulfide) groups is 1. The minimum absolute atomic E-state index is 0.0273. The van der Waals surface area contributed by atoms with Gasteiger partial charge in [-0.15, -0.1) is 0 Å². The van der Waals surface area contributed by atoms with Crippen LogP contribution in [0.15, 0.2) is 53.4 Å². The Bertz CT molecular complexity index is 1000. The summed E-state index contributed by atoms with van der Waals surface area (Å²) in [5.41, 5.74) is 2.12. The summed E-state index contributed by atoms with van der Waals surface area (Å²) in [6, 6.07) is 13.8. The second kappa shape index (κ2) is 8.37. The van der Waals surface area contributed by atoms with Gasteiger partial charge in [0.15, 0.2) is 0 Å². The number of carbonyl (C=O) groups excluding carboxylic acids is 2. The number of amides is 2. The van der Waals surface area contributed by atoms with E-state index in [0.29, 0.717) is 4.91 Å². The zero-order valence-corrected chi connectivity index (χ0v) is 16.5. The van der Waals surface area contributed by atoms with Gasteiger partial charge in [0, 0.05) is 0 Å². The van der Waals surface area contributed by atoms with E-state index in [1.54, 1.807) is 18.2 Å². The zero-order chi connectivity index (χ0) is 20.3. The van der Waals surface area contributed by atoms with Gasteiger partial charge < -0.3 is 10.4 Å². The van der Waals surface area contributed by atoms with Crippen molar-refractivity contribution < 1.29 is 19.5 Å². The van der Waals surface area contributed by atoms with E-state index < -0.39 is 11.9 Å². The maximum Gasteiger partial charge on any atom is 0.337 e. The van der Waals surface area contributed by atoms with Crippen molar-refractivity contribution in [3.8, 4) is 0 Å². The average Bonchev–Trinajstić information content (AvgIpc) is 2.91. The molecule has 0 saturated carbocycles. The molecule has 0 spiro atoms. The van der Waals surface area contributed by atoms with Gasteiger partial charge in [0.05, 0.1) is 16.2 Å². The Balaban J connectivity index is 1.71. The van der Waals surface area contributed by atoms with Crippen molar-refractivity contribution in [1.82, 2.24) is 4.90 Å². The molecule has 2 N–H and O–H groups in total. The SMILES string of the molecule is Cc1ccc(/C=C2\SC(=S)N(CC(=O)Nc3ccccc3C(=O)O)C2=O)cc1. The maximum atomic E-state index is 12.6. The van der Waals surface area contributed by atoms with Crippen molar-refractivity contribution in [3.05, 3.63) is 70.1 Å². The Morgan fingerprint density at radius 3 is 2.54 bits per heavy atom. The van der Waals surface area contributed by atoms with Gasteiger partial charge in [-0.1, -0.05) is 65.9 Å². The molecule has 0 unspecified atom stereocenters. The van der Waals surface area contributed by atoms with Crippen LogP contribution in [-0.2, 0) is 9.59 Å². The predicted octanol–water partition coefficient (Wildman–Crippen LogP) is 3.53. The van der Waals surface area contributed by atoms with E-state index in [1.165, 1.54) is 17.0 Å². The van der Waals surface area contributed by atoms with Gasteiger partial charge >= 0.3 is 5.97 Å². The average molecular weight is 412 g/mol. The molecule has 2 aromatic rings. The molecule has 1 fully saturated rings. The molecule has 1 aliphatic heterocycles. The highest BCUT2D eigenvalue weighted by Gasteiger charge is 2.33. The molecule has 6 nitrogen and oxygen atoms in total. The lowest BCUT2D eigenvalue weighted by molar-refractivity contribution is -0.126. The minimum Gasteiger partial charge on any atom is -0.478 e. The molecule has 1 aliphatic rings. The van der Waals surface area contributed by atoms with E-state index in [2.05, 4.69) is 5.32 Å². The second-order valence-electron chi connectivity index (χ2n) is 6.08. The number of para-hydroxylation sites is 1. The number of hydrogen-bond acceptors (Lipinski definition) is 5. The molecular weight excluding hydrogens is 396 g/mol. The standard InChI is InChI=1S/C20H16N2O4S2/c1-12-6-8-13(9-7-12)10-16-18(24)22(20(27)28-16)11-17(23)21-15-5-3-2-4-14(15)19(25)26/h2-10H,11H2,1H3,(H,21,23)(H,25,26)/b16-10-. The number of benzene rings is 2. The van der Waals surface area contributed by atoms with Gasteiger partial charge in [-0.3, -0.25) is 14.5 Å². The fraction of sp³-hybridized carbons (Fsp3) is 0.100. The number of aryl methyl sites for hydroxylation is 1. The van der Waals surface area contributed by atoms with Crippen LogP contribution in [0.25, 0.3) is 6.08 Å². The van der Waals surface area contributed by atoms with E-state index in [9.17, 15) is 19.5 Å². The third-order valence-electron chi connectivity index (χ3n) is 3.98. The topological polar surface area (TPSA) is 86.7 Å². The summed E-state index contributed by atoms with van der Waals surface area (Å²) in [4.78, 5) is 37.9.